The third kappa shape index (κ3) is 3.96. The van der Waals surface area contributed by atoms with Crippen molar-refractivity contribution >= 4 is 26.9 Å². The summed E-state index contributed by atoms with van der Waals surface area (Å²) in [4.78, 5) is 25.6. The summed E-state index contributed by atoms with van der Waals surface area (Å²) in [7, 11) is -7.85. The number of aliphatic hydroxyl groups is 1. The van der Waals surface area contributed by atoms with Gasteiger partial charge in [-0.05, 0) is 55.4 Å². The van der Waals surface area contributed by atoms with Gasteiger partial charge in [0.05, 0.1) is 7.11 Å². The Hall–Kier alpha value is -0.600. The SMILES string of the molecule is COC(=O)C(C(C(=O)CO)P1(=O)OC(C)(C)C(C)(C)O1)P1(=O)OC(C)(C)C(C)(C)O1. The fraction of sp³-hybridized carbons (Fsp3) is 0.889. The van der Waals surface area contributed by atoms with Gasteiger partial charge in [0.15, 0.2) is 11.4 Å². The topological polar surface area (TPSA) is 135 Å². The van der Waals surface area contributed by atoms with Crippen LogP contribution in [-0.4, -0.2) is 64.3 Å². The van der Waals surface area contributed by atoms with Crippen LogP contribution < -0.4 is 0 Å². The highest BCUT2D eigenvalue weighted by molar-refractivity contribution is 7.61. The number of ketones is 1. The van der Waals surface area contributed by atoms with Crippen molar-refractivity contribution in [2.75, 3.05) is 13.7 Å². The Morgan fingerprint density at radius 3 is 1.33 bits per heavy atom. The molecule has 10 nitrogen and oxygen atoms in total. The van der Waals surface area contributed by atoms with Gasteiger partial charge in [-0.25, -0.2) is 0 Å². The molecule has 1 N–H and O–H groups in total. The number of carbonyl (C=O) groups is 2. The van der Waals surface area contributed by atoms with E-state index in [1.165, 1.54) is 0 Å². The number of rotatable bonds is 6. The molecule has 2 aliphatic rings. The first-order valence-electron chi connectivity index (χ1n) is 9.53. The smallest absolute Gasteiger partial charge is 0.347 e. The summed E-state index contributed by atoms with van der Waals surface area (Å²) in [5.41, 5.74) is -8.40. The van der Waals surface area contributed by atoms with Crippen molar-refractivity contribution in [3.8, 4) is 0 Å². The van der Waals surface area contributed by atoms with Crippen LogP contribution in [0.2, 0.25) is 0 Å². The first-order chi connectivity index (χ1) is 13.3. The van der Waals surface area contributed by atoms with Crippen molar-refractivity contribution in [2.24, 2.45) is 0 Å². The van der Waals surface area contributed by atoms with Crippen LogP contribution >= 0.6 is 15.2 Å². The number of hydrogen-bond acceptors (Lipinski definition) is 10. The number of ether oxygens (including phenoxy) is 1. The monoisotopic (exact) mass is 470 g/mol. The minimum absolute atomic E-state index is 1.02. The summed E-state index contributed by atoms with van der Waals surface area (Å²) in [6.45, 7) is 11.8. The molecular weight excluding hydrogens is 438 g/mol. The summed E-state index contributed by atoms with van der Waals surface area (Å²) in [5.74, 6) is -2.21. The number of carbonyl (C=O) groups excluding carboxylic acids is 2. The largest absolute Gasteiger partial charge is 0.468 e. The van der Waals surface area contributed by atoms with E-state index < -0.39 is 67.3 Å². The zero-order valence-electron chi connectivity index (χ0n) is 18.9. The highest BCUT2D eigenvalue weighted by Gasteiger charge is 2.69. The zero-order valence-corrected chi connectivity index (χ0v) is 20.7. The van der Waals surface area contributed by atoms with Gasteiger partial charge in [-0.1, -0.05) is 0 Å². The van der Waals surface area contributed by atoms with E-state index >= 15 is 0 Å². The van der Waals surface area contributed by atoms with Gasteiger partial charge in [-0.2, -0.15) is 0 Å². The number of hydrogen-bond donors (Lipinski definition) is 1. The maximum Gasteiger partial charge on any atom is 0.347 e. The van der Waals surface area contributed by atoms with E-state index in [0.717, 1.165) is 7.11 Å². The van der Waals surface area contributed by atoms with Crippen LogP contribution in [0.5, 0.6) is 0 Å². The van der Waals surface area contributed by atoms with Crippen LogP contribution in [0.25, 0.3) is 0 Å². The second-order valence-electron chi connectivity index (χ2n) is 9.52. The molecule has 2 aliphatic heterocycles. The Kier molecular flexibility index (Phi) is 6.40. The molecule has 2 rings (SSSR count). The Morgan fingerprint density at radius 1 is 0.767 bits per heavy atom. The van der Waals surface area contributed by atoms with Gasteiger partial charge >= 0.3 is 21.2 Å². The first-order valence-corrected chi connectivity index (χ1v) is 12.8. The number of Topliss-reactive ketones (excluding diaryl/α,β-unsaturated/α-hetero) is 1. The average Bonchev–Trinajstić information content (AvgIpc) is 2.83. The second-order valence-corrected chi connectivity index (χ2v) is 13.5. The number of esters is 1. The zero-order chi connectivity index (χ0) is 23.6. The van der Waals surface area contributed by atoms with Gasteiger partial charge in [0.1, 0.15) is 34.7 Å². The molecule has 12 heteroatoms. The second kappa shape index (κ2) is 7.48. The molecule has 0 aromatic carbocycles. The van der Waals surface area contributed by atoms with E-state index in [0.29, 0.717) is 0 Å². The summed E-state index contributed by atoms with van der Waals surface area (Å²) in [6, 6.07) is 0. The molecule has 0 amide bonds. The minimum atomic E-state index is -4.44. The van der Waals surface area contributed by atoms with E-state index in [4.69, 9.17) is 22.8 Å². The summed E-state index contributed by atoms with van der Waals surface area (Å²) in [5, 5.41) is 9.57. The highest BCUT2D eigenvalue weighted by atomic mass is 31.2. The van der Waals surface area contributed by atoms with Gasteiger partial charge < -0.3 is 9.84 Å². The fourth-order valence-electron chi connectivity index (χ4n) is 3.15. The minimum Gasteiger partial charge on any atom is -0.468 e. The van der Waals surface area contributed by atoms with Crippen LogP contribution in [0.4, 0.5) is 0 Å². The Balaban J connectivity index is 2.69. The van der Waals surface area contributed by atoms with Gasteiger partial charge in [0, 0.05) is 0 Å². The molecule has 0 bridgehead atoms. The van der Waals surface area contributed by atoms with Crippen LogP contribution in [0.15, 0.2) is 0 Å². The molecule has 0 aliphatic carbocycles. The molecule has 2 saturated heterocycles. The molecular formula is C18H32O10P2. The van der Waals surface area contributed by atoms with E-state index in [-0.39, 0.29) is 0 Å². The summed E-state index contributed by atoms with van der Waals surface area (Å²) < 4.78 is 55.1. The van der Waals surface area contributed by atoms with Gasteiger partial charge in [0.25, 0.3) is 0 Å². The van der Waals surface area contributed by atoms with Crippen molar-refractivity contribution in [1.29, 1.82) is 0 Å². The van der Waals surface area contributed by atoms with Crippen LogP contribution in [0.3, 0.4) is 0 Å². The number of aliphatic hydroxyl groups excluding tert-OH is 1. The Bertz CT molecular complexity index is 721. The third-order valence-corrected chi connectivity index (χ3v) is 11.8. The van der Waals surface area contributed by atoms with Crippen molar-refractivity contribution in [3.63, 3.8) is 0 Å². The Morgan fingerprint density at radius 2 is 1.07 bits per heavy atom. The molecule has 2 heterocycles. The van der Waals surface area contributed by atoms with Crippen LogP contribution in [-0.2, 0) is 41.6 Å². The van der Waals surface area contributed by atoms with Crippen LogP contribution in [0.1, 0.15) is 55.4 Å². The third-order valence-electron chi connectivity index (χ3n) is 6.23. The molecule has 174 valence electrons. The first kappa shape index (κ1) is 25.7. The normalized spacial score (nSPS) is 29.1. The summed E-state index contributed by atoms with van der Waals surface area (Å²) in [6.07, 6.45) is 0. The Labute approximate surface area is 177 Å². The standard InChI is InChI=1S/C18H32O10P2/c1-15(2)16(3,4)26-29(22,25-15)12(11(20)10-19)13(14(21)24-9)30(23)27-17(5,6)18(7,8)28-30/h12-13,19H,10H2,1-9H3. The van der Waals surface area contributed by atoms with Gasteiger partial charge in [0.2, 0.25) is 0 Å². The molecule has 30 heavy (non-hydrogen) atoms. The molecule has 0 saturated carbocycles. The summed E-state index contributed by atoms with van der Waals surface area (Å²) >= 11 is 0. The lowest BCUT2D eigenvalue weighted by atomic mass is 9.90. The lowest BCUT2D eigenvalue weighted by Crippen LogP contribution is -2.42. The molecule has 2 unspecified atom stereocenters. The predicted octanol–water partition coefficient (Wildman–Crippen LogP) is 3.05. The highest BCUT2D eigenvalue weighted by Crippen LogP contribution is 2.74. The molecule has 0 spiro atoms. The predicted molar refractivity (Wildman–Crippen MR) is 108 cm³/mol. The molecule has 2 atom stereocenters. The van der Waals surface area contributed by atoms with Crippen molar-refractivity contribution < 1.29 is 46.7 Å². The van der Waals surface area contributed by atoms with E-state index in [1.54, 1.807) is 55.4 Å². The fourth-order valence-corrected chi connectivity index (χ4v) is 9.86. The molecule has 2 fully saturated rings. The maximum atomic E-state index is 13.8. The quantitative estimate of drug-likeness (QED) is 0.456. The van der Waals surface area contributed by atoms with E-state index in [9.17, 15) is 23.8 Å². The van der Waals surface area contributed by atoms with Crippen molar-refractivity contribution in [3.05, 3.63) is 0 Å². The van der Waals surface area contributed by atoms with Gasteiger partial charge in [-0.15, -0.1) is 0 Å². The van der Waals surface area contributed by atoms with E-state index in [2.05, 4.69) is 0 Å². The van der Waals surface area contributed by atoms with Crippen molar-refractivity contribution in [1.82, 2.24) is 0 Å². The van der Waals surface area contributed by atoms with Crippen molar-refractivity contribution in [2.45, 2.75) is 89.1 Å². The maximum absolute atomic E-state index is 13.8. The lowest BCUT2D eigenvalue weighted by Gasteiger charge is -2.30. The molecule has 0 aromatic rings. The number of methoxy groups -OCH3 is 1. The average molecular weight is 470 g/mol. The molecule has 0 aromatic heterocycles. The van der Waals surface area contributed by atoms with E-state index in [1.807, 2.05) is 0 Å². The van der Waals surface area contributed by atoms with Crippen LogP contribution in [0, 0.1) is 0 Å². The lowest BCUT2D eigenvalue weighted by molar-refractivity contribution is -0.142. The molecule has 0 radical (unpaired) electrons. The van der Waals surface area contributed by atoms with Gasteiger partial charge in [-0.3, -0.25) is 36.8 Å².